The Morgan fingerprint density at radius 3 is 2.36 bits per heavy atom. The summed E-state index contributed by atoms with van der Waals surface area (Å²) in [7, 11) is -1.51. The minimum absolute atomic E-state index is 0.0890. The molecule has 2 saturated heterocycles. The van der Waals surface area contributed by atoms with Crippen LogP contribution in [0.1, 0.15) is 24.5 Å². The molecule has 0 saturated carbocycles. The van der Waals surface area contributed by atoms with E-state index in [0.29, 0.717) is 11.3 Å². The van der Waals surface area contributed by atoms with Crippen LogP contribution >= 0.6 is 0 Å². The second-order valence-electron chi connectivity index (χ2n) is 13.1. The molecule has 14 nitrogen and oxygen atoms in total. The topological polar surface area (TPSA) is 210 Å². The molecule has 0 unspecified atom stereocenters. The molecule has 2 aromatic rings. The van der Waals surface area contributed by atoms with Crippen LogP contribution in [0.5, 0.6) is 0 Å². The number of hydrogen-bond acceptors (Lipinski definition) is 11. The molecule has 1 spiro atoms. The van der Waals surface area contributed by atoms with Crippen molar-refractivity contribution in [3.05, 3.63) is 59.7 Å². The van der Waals surface area contributed by atoms with Crippen molar-refractivity contribution in [3.63, 3.8) is 0 Å². The summed E-state index contributed by atoms with van der Waals surface area (Å²) in [6.07, 6.45) is -10.1. The third-order valence-corrected chi connectivity index (χ3v) is 12.0. The summed E-state index contributed by atoms with van der Waals surface area (Å²) in [5.41, 5.74) is -0.191. The zero-order chi connectivity index (χ0) is 34.4. The van der Waals surface area contributed by atoms with Crippen molar-refractivity contribution >= 4 is 37.4 Å². The van der Waals surface area contributed by atoms with Crippen LogP contribution in [0.15, 0.2) is 48.5 Å². The first-order chi connectivity index (χ1) is 22.1. The average molecular weight is 674 g/mol. The van der Waals surface area contributed by atoms with Crippen molar-refractivity contribution in [1.29, 1.82) is 0 Å². The summed E-state index contributed by atoms with van der Waals surface area (Å²) in [6.45, 7) is 5.38. The third-order valence-electron chi connectivity index (χ3n) is 9.54. The molecule has 3 amide bonds. The van der Waals surface area contributed by atoms with Crippen LogP contribution in [-0.4, -0.2) is 118 Å². The van der Waals surface area contributed by atoms with E-state index >= 15 is 0 Å². The molecule has 256 valence electrons. The Morgan fingerprint density at radius 2 is 1.72 bits per heavy atom. The van der Waals surface area contributed by atoms with E-state index in [2.05, 4.69) is 5.32 Å². The number of aliphatic hydroxyl groups excluding tert-OH is 5. The fourth-order valence-electron chi connectivity index (χ4n) is 7.27. The normalized spacial score (nSPS) is 32.0. The molecule has 7 N–H and O–H groups in total. The Kier molecular flexibility index (Phi) is 9.95. The zero-order valence-corrected chi connectivity index (χ0v) is 27.7. The first-order valence-electron chi connectivity index (χ1n) is 15.6. The number of carbonyl (C=O) groups is 3. The molecule has 5 rings (SSSR count). The van der Waals surface area contributed by atoms with Gasteiger partial charge in [-0.2, -0.15) is 0 Å². The molecule has 15 heteroatoms. The van der Waals surface area contributed by atoms with Crippen molar-refractivity contribution in [3.8, 4) is 0 Å². The molecule has 0 radical (unpaired) electrons. The van der Waals surface area contributed by atoms with Crippen LogP contribution in [0, 0.1) is 5.92 Å². The maximum absolute atomic E-state index is 14.1. The lowest BCUT2D eigenvalue weighted by molar-refractivity contribution is -0.274. The first-order valence-corrected chi connectivity index (χ1v) is 18.6. The predicted octanol–water partition coefficient (Wildman–Crippen LogP) is -0.390. The highest BCUT2D eigenvalue weighted by Crippen LogP contribution is 2.59. The standard InChI is InChI=1S/C32H43N3O11Si/c1-17-28(47(3,4)44)22(15-23(37)35(12-13-36)16-18-8-6-5-7-9-18)46-32(17)20-14-19(10-11-21(20)34(2)31(32)43)33-29(41)27-25(39)24(38)26(40)30(42)45-27/h5-11,14,17,22,24-28,30,36,38-40,42,44H,12-13,15-16H2,1-4H3,(H,33,41)/t17-,22+,24+,25+,26-,27+,28-,30-,32+/m1/s1. The summed E-state index contributed by atoms with van der Waals surface area (Å²) in [5.74, 6) is -2.21. The van der Waals surface area contributed by atoms with Crippen molar-refractivity contribution in [2.45, 2.75) is 80.9 Å². The molecular weight excluding hydrogens is 630 g/mol. The molecule has 0 bridgehead atoms. The number of anilines is 2. The quantitative estimate of drug-likeness (QED) is 0.171. The Balaban J connectivity index is 1.45. The number of fused-ring (bicyclic) bond motifs is 2. The fraction of sp³-hybridized carbons (Fsp3) is 0.531. The Labute approximate surface area is 273 Å². The van der Waals surface area contributed by atoms with Gasteiger partial charge in [0, 0.05) is 42.8 Å². The molecule has 2 fully saturated rings. The molecule has 2 aromatic carbocycles. The number of ether oxygens (including phenoxy) is 2. The molecular formula is C32H43N3O11Si. The molecule has 3 aliphatic rings. The highest BCUT2D eigenvalue weighted by atomic mass is 28.4. The number of carbonyl (C=O) groups excluding carboxylic acids is 3. The monoisotopic (exact) mass is 673 g/mol. The maximum atomic E-state index is 14.1. The van der Waals surface area contributed by atoms with E-state index in [1.54, 1.807) is 32.3 Å². The van der Waals surface area contributed by atoms with Crippen LogP contribution in [0.4, 0.5) is 11.4 Å². The van der Waals surface area contributed by atoms with Gasteiger partial charge in [0.2, 0.25) is 5.91 Å². The minimum atomic E-state index is -3.10. The number of rotatable bonds is 9. The van der Waals surface area contributed by atoms with Gasteiger partial charge in [0.05, 0.1) is 24.8 Å². The molecule has 3 aliphatic heterocycles. The lowest BCUT2D eigenvalue weighted by Crippen LogP contribution is -2.60. The molecule has 3 heterocycles. The van der Waals surface area contributed by atoms with Gasteiger partial charge in [-0.1, -0.05) is 37.3 Å². The fourth-order valence-corrected chi connectivity index (χ4v) is 9.82. The Bertz CT molecular complexity index is 1490. The number of hydrogen-bond donors (Lipinski definition) is 7. The largest absolute Gasteiger partial charge is 0.432 e. The summed E-state index contributed by atoms with van der Waals surface area (Å²) in [4.78, 5) is 55.4. The molecule has 9 atom stereocenters. The second-order valence-corrected chi connectivity index (χ2v) is 17.1. The SMILES string of the molecule is C[C@@H]1[C@@H]([Si](C)(C)O)[C@H](CC(=O)N(CCO)Cc2ccccc2)O[C@@]12C(=O)N(C)c1ccc(NC(=O)[C@H]3O[C@@H](O)[C@H](O)[C@@H](O)[C@@H]3O)cc12. The van der Waals surface area contributed by atoms with Gasteiger partial charge in [0.25, 0.3) is 11.8 Å². The molecule has 0 aliphatic carbocycles. The Hall–Kier alpha value is -3.25. The number of nitrogens with one attached hydrogen (secondary N) is 1. The highest BCUT2D eigenvalue weighted by Gasteiger charge is 2.66. The number of aliphatic hydroxyl groups is 5. The number of likely N-dealkylation sites (N-methyl/N-ethyl adjacent to an activating group) is 1. The number of amides is 3. The number of nitrogens with zero attached hydrogens (tertiary/aromatic N) is 2. The van der Waals surface area contributed by atoms with Crippen molar-refractivity contribution in [2.24, 2.45) is 5.92 Å². The van der Waals surface area contributed by atoms with E-state index in [9.17, 15) is 44.7 Å². The number of benzene rings is 2. The van der Waals surface area contributed by atoms with Crippen molar-refractivity contribution in [2.75, 3.05) is 30.4 Å². The van der Waals surface area contributed by atoms with E-state index in [1.807, 2.05) is 37.3 Å². The van der Waals surface area contributed by atoms with Gasteiger partial charge < -0.3 is 54.9 Å². The van der Waals surface area contributed by atoms with Crippen molar-refractivity contribution < 1.29 is 54.2 Å². The predicted molar refractivity (Wildman–Crippen MR) is 170 cm³/mol. The van der Waals surface area contributed by atoms with Gasteiger partial charge in [0.1, 0.15) is 18.3 Å². The Morgan fingerprint density at radius 1 is 1.04 bits per heavy atom. The van der Waals surface area contributed by atoms with E-state index < -0.39 is 74.0 Å². The van der Waals surface area contributed by atoms with Gasteiger partial charge in [0.15, 0.2) is 26.3 Å². The minimum Gasteiger partial charge on any atom is -0.432 e. The average Bonchev–Trinajstić information content (AvgIpc) is 3.43. The van der Waals surface area contributed by atoms with E-state index in [0.717, 1.165) is 5.56 Å². The summed E-state index contributed by atoms with van der Waals surface area (Å²) in [6, 6.07) is 14.0. The van der Waals surface area contributed by atoms with Crippen LogP contribution in [0.2, 0.25) is 18.6 Å². The van der Waals surface area contributed by atoms with Crippen LogP contribution in [0.25, 0.3) is 0 Å². The summed E-state index contributed by atoms with van der Waals surface area (Å²) in [5, 5.41) is 52.3. The van der Waals surface area contributed by atoms with E-state index in [-0.39, 0.29) is 37.7 Å². The second kappa shape index (κ2) is 13.3. The maximum Gasteiger partial charge on any atom is 0.264 e. The first kappa shape index (κ1) is 35.1. The van der Waals surface area contributed by atoms with Gasteiger partial charge in [-0.15, -0.1) is 0 Å². The molecule has 47 heavy (non-hydrogen) atoms. The van der Waals surface area contributed by atoms with E-state index in [4.69, 9.17) is 9.47 Å². The summed E-state index contributed by atoms with van der Waals surface area (Å²) < 4.78 is 11.7. The van der Waals surface area contributed by atoms with Crippen LogP contribution in [-0.2, 0) is 36.0 Å². The lowest BCUT2D eigenvalue weighted by atomic mass is 9.82. The van der Waals surface area contributed by atoms with Crippen LogP contribution < -0.4 is 10.2 Å². The zero-order valence-electron chi connectivity index (χ0n) is 26.7. The third kappa shape index (κ3) is 6.35. The summed E-state index contributed by atoms with van der Waals surface area (Å²) >= 11 is 0. The van der Waals surface area contributed by atoms with Crippen molar-refractivity contribution in [1.82, 2.24) is 4.90 Å². The van der Waals surface area contributed by atoms with Gasteiger partial charge in [-0.05, 0) is 36.9 Å². The van der Waals surface area contributed by atoms with Gasteiger partial charge in [-0.3, -0.25) is 14.4 Å². The smallest absolute Gasteiger partial charge is 0.264 e. The van der Waals surface area contributed by atoms with E-state index in [1.165, 1.54) is 15.9 Å². The highest BCUT2D eigenvalue weighted by molar-refractivity contribution is 6.71. The lowest BCUT2D eigenvalue weighted by Gasteiger charge is -2.37. The van der Waals surface area contributed by atoms with Gasteiger partial charge >= 0.3 is 0 Å². The van der Waals surface area contributed by atoms with Gasteiger partial charge in [-0.25, -0.2) is 0 Å². The molecule has 0 aromatic heterocycles. The van der Waals surface area contributed by atoms with Crippen LogP contribution in [0.3, 0.4) is 0 Å².